The molecule has 8 atom stereocenters. The van der Waals surface area contributed by atoms with E-state index in [4.69, 9.17) is 11.5 Å². The van der Waals surface area contributed by atoms with Gasteiger partial charge in [-0.1, -0.05) is 71.9 Å². The van der Waals surface area contributed by atoms with Gasteiger partial charge in [0.25, 0.3) is 0 Å². The number of nitrogens with one attached hydrogen (secondary N) is 8. The Morgan fingerprint density at radius 1 is 0.693 bits per heavy atom. The first kappa shape index (κ1) is 60.5. The third kappa shape index (κ3) is 18.7. The minimum atomic E-state index is -1.27. The lowest BCUT2D eigenvalue weighted by Crippen LogP contribution is -2.60. The third-order valence-electron chi connectivity index (χ3n) is 12.9. The largest absolute Gasteiger partial charge is 0.508 e. The van der Waals surface area contributed by atoms with Gasteiger partial charge >= 0.3 is 5.97 Å². The fourth-order valence-electron chi connectivity index (χ4n) is 8.89. The second-order valence-electron chi connectivity index (χ2n) is 20.6. The Balaban J connectivity index is 1.54. The van der Waals surface area contributed by atoms with Gasteiger partial charge in [-0.3, -0.25) is 38.4 Å². The van der Waals surface area contributed by atoms with Gasteiger partial charge in [-0.2, -0.15) is 0 Å². The summed E-state index contributed by atoms with van der Waals surface area (Å²) < 4.78 is 0. The van der Waals surface area contributed by atoms with Crippen LogP contribution in [0.3, 0.4) is 0 Å². The summed E-state index contributed by atoms with van der Waals surface area (Å²) >= 11 is 0. The molecule has 1 saturated heterocycles. The number of unbranched alkanes of at least 4 members (excludes halogenated alkanes) is 1. The molecule has 1 aliphatic rings. The number of aromatic hydroxyl groups is 1. The highest BCUT2D eigenvalue weighted by Crippen LogP contribution is 2.24. The average molecular weight is 1050 g/mol. The van der Waals surface area contributed by atoms with E-state index in [1.807, 2.05) is 52.0 Å². The van der Waals surface area contributed by atoms with Crippen LogP contribution in [-0.4, -0.2) is 141 Å². The molecule has 1 fully saturated rings. The summed E-state index contributed by atoms with van der Waals surface area (Å²) in [7, 11) is 0. The number of para-hydroxylation sites is 1. The van der Waals surface area contributed by atoms with Crippen LogP contribution in [0.25, 0.3) is 10.9 Å². The number of aromatic nitrogens is 1. The van der Waals surface area contributed by atoms with Crippen LogP contribution in [0.2, 0.25) is 0 Å². The van der Waals surface area contributed by atoms with Crippen molar-refractivity contribution in [3.63, 3.8) is 0 Å². The fraction of sp³-hybridized carbons (Fsp3) is 0.566. The van der Waals surface area contributed by atoms with Crippen LogP contribution in [0.1, 0.15) is 105 Å². The van der Waals surface area contributed by atoms with E-state index < -0.39 is 114 Å². The smallest absolute Gasteiger partial charge is 0.326 e. The molecular formula is C53H79N11O11. The molecule has 1 aromatic heterocycles. The van der Waals surface area contributed by atoms with Crippen molar-refractivity contribution in [2.24, 2.45) is 29.2 Å². The summed E-state index contributed by atoms with van der Waals surface area (Å²) in [5, 5.41) is 39.2. The Morgan fingerprint density at radius 2 is 1.31 bits per heavy atom. The van der Waals surface area contributed by atoms with E-state index in [0.29, 0.717) is 36.9 Å². The number of aromatic amines is 1. The monoisotopic (exact) mass is 1050 g/mol. The van der Waals surface area contributed by atoms with Crippen molar-refractivity contribution in [2.45, 2.75) is 155 Å². The zero-order valence-corrected chi connectivity index (χ0v) is 44.2. The van der Waals surface area contributed by atoms with Crippen molar-refractivity contribution < 1.29 is 53.4 Å². The number of likely N-dealkylation sites (tertiary alicyclic amines) is 1. The first-order valence-electron chi connectivity index (χ1n) is 25.9. The first-order valence-corrected chi connectivity index (χ1v) is 25.9. The number of carboxylic acid groups (broad SMARTS) is 1. The molecule has 22 nitrogen and oxygen atoms in total. The number of fused-ring (bicyclic) bond motifs is 1. The molecule has 0 radical (unpaired) electrons. The molecule has 2 heterocycles. The molecule has 0 unspecified atom stereocenters. The van der Waals surface area contributed by atoms with Crippen LogP contribution in [0.5, 0.6) is 5.75 Å². The molecule has 14 N–H and O–H groups in total. The van der Waals surface area contributed by atoms with Gasteiger partial charge < -0.3 is 68.8 Å². The number of hydrogen-bond acceptors (Lipinski definition) is 12. The number of aliphatic carboxylic acids is 1. The minimum absolute atomic E-state index is 0.0179. The molecular weight excluding hydrogens is 967 g/mol. The van der Waals surface area contributed by atoms with Crippen molar-refractivity contribution in [3.8, 4) is 5.75 Å². The zero-order chi connectivity index (χ0) is 55.5. The van der Waals surface area contributed by atoms with Gasteiger partial charge in [0.2, 0.25) is 47.3 Å². The molecule has 2 aromatic carbocycles. The molecule has 1 aliphatic heterocycles. The molecule has 0 aliphatic carbocycles. The first-order chi connectivity index (χ1) is 35.5. The van der Waals surface area contributed by atoms with E-state index >= 15 is 0 Å². The van der Waals surface area contributed by atoms with Gasteiger partial charge in [-0.05, 0) is 105 Å². The number of H-pyrrole nitrogens is 1. The van der Waals surface area contributed by atoms with Gasteiger partial charge in [0.1, 0.15) is 48.0 Å². The van der Waals surface area contributed by atoms with Crippen molar-refractivity contribution in [1.29, 1.82) is 0 Å². The number of nitrogens with two attached hydrogens (primary N) is 2. The Labute approximate surface area is 438 Å². The highest BCUT2D eigenvalue weighted by Gasteiger charge is 2.41. The van der Waals surface area contributed by atoms with E-state index in [0.717, 1.165) is 10.9 Å². The number of rotatable bonds is 29. The van der Waals surface area contributed by atoms with Crippen molar-refractivity contribution in [3.05, 3.63) is 65.9 Å². The van der Waals surface area contributed by atoms with Crippen LogP contribution in [-0.2, 0) is 56.0 Å². The highest BCUT2D eigenvalue weighted by molar-refractivity contribution is 5.98. The lowest BCUT2D eigenvalue weighted by atomic mass is 9.99. The predicted octanol–water partition coefficient (Wildman–Crippen LogP) is 0.984. The van der Waals surface area contributed by atoms with Crippen molar-refractivity contribution >= 4 is 64.1 Å². The van der Waals surface area contributed by atoms with Gasteiger partial charge in [-0.25, -0.2) is 4.79 Å². The number of carbonyl (C=O) groups is 9. The van der Waals surface area contributed by atoms with Gasteiger partial charge in [0, 0.05) is 36.5 Å². The van der Waals surface area contributed by atoms with E-state index in [1.54, 1.807) is 32.2 Å². The molecule has 75 heavy (non-hydrogen) atoms. The van der Waals surface area contributed by atoms with Crippen LogP contribution >= 0.6 is 0 Å². The molecule has 0 bridgehead atoms. The Kier molecular flexibility index (Phi) is 23.5. The molecule has 8 amide bonds. The lowest BCUT2D eigenvalue weighted by Gasteiger charge is -2.31. The number of benzene rings is 2. The molecule has 3 aromatic rings. The predicted molar refractivity (Wildman–Crippen MR) is 281 cm³/mol. The molecule has 22 heteroatoms. The summed E-state index contributed by atoms with van der Waals surface area (Å²) in [6.07, 6.45) is 3.95. The molecule has 412 valence electrons. The average Bonchev–Trinajstić information content (AvgIpc) is 4.01. The number of phenols is 1. The van der Waals surface area contributed by atoms with E-state index in [1.165, 1.54) is 24.0 Å². The summed E-state index contributed by atoms with van der Waals surface area (Å²) in [4.78, 5) is 127. The van der Waals surface area contributed by atoms with Gasteiger partial charge in [0.05, 0.1) is 12.6 Å². The number of phenolic OH excluding ortho intramolecular Hbond substituents is 1. The van der Waals surface area contributed by atoms with Crippen LogP contribution in [0, 0.1) is 17.8 Å². The molecule has 0 saturated carbocycles. The van der Waals surface area contributed by atoms with E-state index in [-0.39, 0.29) is 62.7 Å². The standard InChI is InChI=1S/C53H79N11O11/c1-29(2)23-39(49(70)62-42(53(74)75)24-30(3)4)60-50(71)43-16-12-22-64(43)52(73)41(26-34-27-56-37-14-9-8-13-36(34)37)61-51(72)45(31(5)6)63-44(66)28-57-47(68)40(25-33-17-19-35(65)20-18-33)59-48(69)38(15-10-11-21-54)58-46(67)32(7)55/h8-9,13-14,17-20,27,29-32,38-43,45,56,65H,10-12,15-16,21-26,28,54-55H2,1-7H3,(H,57,68)(H,58,67)(H,59,69)(H,60,71)(H,61,72)(H,62,70)(H,63,66)(H,74,75)/t32-,38-,39-,40-,41-,42-,43-,45-/m0/s1. The number of carboxylic acids is 1. The SMILES string of the molecule is CC(C)C[C@H](NC(=O)[C@H](CC(C)C)NC(=O)[C@@H]1CCCN1C(=O)[C@H](Cc1c[nH]c2ccccc12)NC(=O)[C@@H](NC(=O)CNC(=O)[C@H](Cc1ccc(O)cc1)NC(=O)[C@H](CCCCN)NC(=O)[C@H](C)N)C(C)C)C(=O)O. The molecule has 4 rings (SSSR count). The summed E-state index contributed by atoms with van der Waals surface area (Å²) in [6, 6.07) is 4.30. The van der Waals surface area contributed by atoms with Crippen molar-refractivity contribution in [2.75, 3.05) is 19.6 Å². The van der Waals surface area contributed by atoms with Crippen molar-refractivity contribution in [1.82, 2.24) is 47.1 Å². The normalized spacial score (nSPS) is 16.3. The number of carbonyl (C=O) groups excluding carboxylic acids is 8. The Hall–Kier alpha value is -7.07. The van der Waals surface area contributed by atoms with Gasteiger partial charge in [-0.15, -0.1) is 0 Å². The minimum Gasteiger partial charge on any atom is -0.508 e. The second-order valence-corrected chi connectivity index (χ2v) is 20.6. The van der Waals surface area contributed by atoms with E-state index in [9.17, 15) is 53.4 Å². The summed E-state index contributed by atoms with van der Waals surface area (Å²) in [6.45, 7) is 12.1. The van der Waals surface area contributed by atoms with Crippen LogP contribution in [0.15, 0.2) is 54.7 Å². The quantitative estimate of drug-likeness (QED) is 0.0432. The number of hydrogen-bond donors (Lipinski definition) is 12. The number of nitrogens with zero attached hydrogens (tertiary/aromatic N) is 1. The van der Waals surface area contributed by atoms with Crippen LogP contribution < -0.4 is 48.7 Å². The van der Waals surface area contributed by atoms with Gasteiger partial charge in [0.15, 0.2) is 0 Å². The third-order valence-corrected chi connectivity index (χ3v) is 12.9. The maximum absolute atomic E-state index is 14.8. The van der Waals surface area contributed by atoms with E-state index in [2.05, 4.69) is 42.2 Å². The molecule has 0 spiro atoms. The lowest BCUT2D eigenvalue weighted by molar-refractivity contribution is -0.144. The highest BCUT2D eigenvalue weighted by atomic mass is 16.4. The fourth-order valence-corrected chi connectivity index (χ4v) is 8.89. The Bertz CT molecular complexity index is 2440. The second kappa shape index (κ2) is 29.1. The zero-order valence-electron chi connectivity index (χ0n) is 44.2. The maximum Gasteiger partial charge on any atom is 0.326 e. The number of amides is 8. The maximum atomic E-state index is 14.8. The summed E-state index contributed by atoms with van der Waals surface area (Å²) in [5.74, 6) is -7.25. The van der Waals surface area contributed by atoms with Crippen LogP contribution in [0.4, 0.5) is 0 Å². The Morgan fingerprint density at radius 3 is 1.93 bits per heavy atom. The topological polar surface area (TPSA) is 349 Å². The summed E-state index contributed by atoms with van der Waals surface area (Å²) in [5.41, 5.74) is 13.4.